The molecule has 7 heteroatoms. The molecule has 1 aliphatic heterocycles. The molecule has 0 bridgehead atoms. The first-order valence-corrected chi connectivity index (χ1v) is 9.60. The van der Waals surface area contributed by atoms with Crippen LogP contribution in [-0.2, 0) is 18.4 Å². The number of benzene rings is 1. The number of pyridine rings is 2. The van der Waals surface area contributed by atoms with E-state index < -0.39 is 0 Å². The second-order valence-corrected chi connectivity index (χ2v) is 7.28. The van der Waals surface area contributed by atoms with Gasteiger partial charge in [0.05, 0.1) is 23.3 Å². The lowest BCUT2D eigenvalue weighted by Crippen LogP contribution is -2.42. The normalized spacial score (nSPS) is 16.0. The molecule has 0 spiro atoms. The second-order valence-electron chi connectivity index (χ2n) is 7.28. The number of rotatable bonds is 5. The minimum absolute atomic E-state index is 0.000680. The molecule has 2 aromatic heterocycles. The zero-order valence-corrected chi connectivity index (χ0v) is 16.2. The fraction of sp³-hybridized carbons (Fsp3) is 0.273. The lowest BCUT2D eigenvalue weighted by molar-refractivity contribution is -0.119. The number of para-hydroxylation sites is 1. The summed E-state index contributed by atoms with van der Waals surface area (Å²) < 4.78 is 1.53. The Labute approximate surface area is 168 Å². The third-order valence-corrected chi connectivity index (χ3v) is 5.28. The average Bonchev–Trinajstić information content (AvgIpc) is 3.15. The number of aromatic nitrogens is 2. The molecule has 0 aliphatic carbocycles. The zero-order chi connectivity index (χ0) is 20.4. The maximum absolute atomic E-state index is 13.5. The standard InChI is InChI=1S/C22H22N4O3/c1-25-19-8-3-2-7-17(19)18(12-21(25)28)22(29)26(13-15-6-4-5-11-23-15)14-16-9-10-20(27)24-16/h2-8,11-12,16H,9-10,13-14H2,1H3,(H,24,27)/t16-/m0/s1. The van der Waals surface area contributed by atoms with E-state index in [9.17, 15) is 14.4 Å². The van der Waals surface area contributed by atoms with E-state index >= 15 is 0 Å². The van der Waals surface area contributed by atoms with E-state index in [0.29, 0.717) is 37.0 Å². The summed E-state index contributed by atoms with van der Waals surface area (Å²) >= 11 is 0. The molecule has 0 radical (unpaired) electrons. The maximum atomic E-state index is 13.5. The van der Waals surface area contributed by atoms with Crippen molar-refractivity contribution in [3.63, 3.8) is 0 Å². The van der Waals surface area contributed by atoms with Gasteiger partial charge in [0.1, 0.15) is 0 Å². The number of hydrogen-bond acceptors (Lipinski definition) is 4. The molecule has 1 aromatic carbocycles. The van der Waals surface area contributed by atoms with Crippen LogP contribution in [0, 0.1) is 0 Å². The first-order valence-electron chi connectivity index (χ1n) is 9.60. The van der Waals surface area contributed by atoms with Crippen LogP contribution in [0.15, 0.2) is 59.5 Å². The minimum atomic E-state index is -0.245. The van der Waals surface area contributed by atoms with Gasteiger partial charge in [0.25, 0.3) is 11.5 Å². The third-order valence-electron chi connectivity index (χ3n) is 5.28. The highest BCUT2D eigenvalue weighted by Gasteiger charge is 2.27. The fourth-order valence-corrected chi connectivity index (χ4v) is 3.74. The minimum Gasteiger partial charge on any atom is -0.352 e. The molecule has 1 aliphatic rings. The Bertz CT molecular complexity index is 1120. The molecule has 1 fully saturated rings. The summed E-state index contributed by atoms with van der Waals surface area (Å²) in [7, 11) is 1.69. The van der Waals surface area contributed by atoms with Gasteiger partial charge in [-0.3, -0.25) is 19.4 Å². The van der Waals surface area contributed by atoms with Gasteiger partial charge in [0.15, 0.2) is 0 Å². The van der Waals surface area contributed by atoms with E-state index in [1.54, 1.807) is 18.1 Å². The van der Waals surface area contributed by atoms with Crippen molar-refractivity contribution in [2.24, 2.45) is 7.05 Å². The SMILES string of the molecule is Cn1c(=O)cc(C(=O)N(Cc2ccccn2)C[C@@H]2CCC(=O)N2)c2ccccc21. The first-order chi connectivity index (χ1) is 14.0. The van der Waals surface area contributed by atoms with Gasteiger partial charge in [-0.1, -0.05) is 24.3 Å². The molecule has 4 rings (SSSR count). The molecule has 1 saturated heterocycles. The van der Waals surface area contributed by atoms with Crippen molar-refractivity contribution >= 4 is 22.7 Å². The van der Waals surface area contributed by atoms with Gasteiger partial charge < -0.3 is 14.8 Å². The molecule has 1 atom stereocenters. The summed E-state index contributed by atoms with van der Waals surface area (Å²) in [6.45, 7) is 0.667. The lowest BCUT2D eigenvalue weighted by Gasteiger charge is -2.26. The van der Waals surface area contributed by atoms with Crippen LogP contribution in [0.5, 0.6) is 0 Å². The number of amides is 2. The highest BCUT2D eigenvalue weighted by molar-refractivity contribution is 6.06. The van der Waals surface area contributed by atoms with Crippen LogP contribution in [0.2, 0.25) is 0 Å². The van der Waals surface area contributed by atoms with Crippen LogP contribution in [0.4, 0.5) is 0 Å². The monoisotopic (exact) mass is 390 g/mol. The van der Waals surface area contributed by atoms with Gasteiger partial charge in [-0.05, 0) is 24.6 Å². The fourth-order valence-electron chi connectivity index (χ4n) is 3.74. The summed E-state index contributed by atoms with van der Waals surface area (Å²) in [6, 6.07) is 14.2. The Morgan fingerprint density at radius 2 is 2.00 bits per heavy atom. The summed E-state index contributed by atoms with van der Waals surface area (Å²) in [5.74, 6) is -0.245. The Kier molecular flexibility index (Phi) is 5.12. The van der Waals surface area contributed by atoms with E-state index in [1.807, 2.05) is 42.5 Å². The van der Waals surface area contributed by atoms with E-state index in [4.69, 9.17) is 0 Å². The Morgan fingerprint density at radius 3 is 2.72 bits per heavy atom. The molecule has 1 N–H and O–H groups in total. The molecule has 2 amide bonds. The van der Waals surface area contributed by atoms with Gasteiger partial charge in [0.2, 0.25) is 5.91 Å². The van der Waals surface area contributed by atoms with E-state index in [1.165, 1.54) is 10.6 Å². The number of nitrogens with zero attached hydrogens (tertiary/aromatic N) is 3. The van der Waals surface area contributed by atoms with E-state index in [0.717, 1.165) is 11.1 Å². The molecule has 29 heavy (non-hydrogen) atoms. The molecule has 0 unspecified atom stereocenters. The van der Waals surface area contributed by atoms with Crippen molar-refractivity contribution in [2.75, 3.05) is 6.54 Å². The lowest BCUT2D eigenvalue weighted by atomic mass is 10.1. The van der Waals surface area contributed by atoms with Gasteiger partial charge in [-0.25, -0.2) is 0 Å². The topological polar surface area (TPSA) is 84.3 Å². The van der Waals surface area contributed by atoms with Crippen LogP contribution >= 0.6 is 0 Å². The van der Waals surface area contributed by atoms with Gasteiger partial charge in [-0.2, -0.15) is 0 Å². The zero-order valence-electron chi connectivity index (χ0n) is 16.2. The van der Waals surface area contributed by atoms with Crippen molar-refractivity contribution < 1.29 is 9.59 Å². The van der Waals surface area contributed by atoms with Gasteiger partial charge in [0, 0.05) is 43.7 Å². The summed E-state index contributed by atoms with van der Waals surface area (Å²) in [4.78, 5) is 43.6. The second kappa shape index (κ2) is 7.87. The molecule has 7 nitrogen and oxygen atoms in total. The highest BCUT2D eigenvalue weighted by Crippen LogP contribution is 2.20. The summed E-state index contributed by atoms with van der Waals surface area (Å²) in [5, 5.41) is 3.64. The number of nitrogens with one attached hydrogen (secondary N) is 1. The van der Waals surface area contributed by atoms with Crippen LogP contribution < -0.4 is 10.9 Å². The summed E-state index contributed by atoms with van der Waals surface area (Å²) in [6.07, 6.45) is 2.83. The highest BCUT2D eigenvalue weighted by atomic mass is 16.2. The van der Waals surface area contributed by atoms with Gasteiger partial charge in [-0.15, -0.1) is 0 Å². The van der Waals surface area contributed by atoms with E-state index in [2.05, 4.69) is 10.3 Å². The quantitative estimate of drug-likeness (QED) is 0.721. The maximum Gasteiger partial charge on any atom is 0.255 e. The molecule has 3 heterocycles. The van der Waals surface area contributed by atoms with Crippen molar-refractivity contribution in [1.82, 2.24) is 19.8 Å². The smallest absolute Gasteiger partial charge is 0.255 e. The summed E-state index contributed by atoms with van der Waals surface area (Å²) in [5.41, 5.74) is 1.58. The van der Waals surface area contributed by atoms with Crippen LogP contribution in [0.3, 0.4) is 0 Å². The largest absolute Gasteiger partial charge is 0.352 e. The van der Waals surface area contributed by atoms with Crippen molar-refractivity contribution in [1.29, 1.82) is 0 Å². The predicted octanol–water partition coefficient (Wildman–Crippen LogP) is 1.85. The molecular formula is C22H22N4O3. The Balaban J connectivity index is 1.73. The molecule has 0 saturated carbocycles. The molecule has 3 aromatic rings. The number of fused-ring (bicyclic) bond motifs is 1. The number of hydrogen-bond donors (Lipinski definition) is 1. The molecule has 148 valence electrons. The first kappa shape index (κ1) is 18.9. The number of carbonyl (C=O) groups excluding carboxylic acids is 2. The number of aryl methyl sites for hydroxylation is 1. The van der Waals surface area contributed by atoms with Crippen LogP contribution in [0.25, 0.3) is 10.9 Å². The average molecular weight is 390 g/mol. The van der Waals surface area contributed by atoms with Crippen LogP contribution in [-0.4, -0.2) is 38.9 Å². The van der Waals surface area contributed by atoms with Crippen molar-refractivity contribution in [3.05, 3.63) is 76.3 Å². The predicted molar refractivity (Wildman–Crippen MR) is 109 cm³/mol. The molecular weight excluding hydrogens is 368 g/mol. The third kappa shape index (κ3) is 3.89. The van der Waals surface area contributed by atoms with Crippen molar-refractivity contribution in [3.8, 4) is 0 Å². The van der Waals surface area contributed by atoms with E-state index in [-0.39, 0.29) is 23.4 Å². The Morgan fingerprint density at radius 1 is 1.21 bits per heavy atom. The van der Waals surface area contributed by atoms with Crippen molar-refractivity contribution in [2.45, 2.75) is 25.4 Å². The van der Waals surface area contributed by atoms with Gasteiger partial charge >= 0.3 is 0 Å². The van der Waals surface area contributed by atoms with Crippen LogP contribution in [0.1, 0.15) is 28.9 Å². The Hall–Kier alpha value is -3.48. The number of carbonyl (C=O) groups is 2.